The molecule has 0 saturated heterocycles. The number of rotatable bonds is 2. The number of nitrogens with one attached hydrogen (secondary N) is 1. The Morgan fingerprint density at radius 1 is 1.44 bits per heavy atom. The van der Waals surface area contributed by atoms with Crippen LogP contribution in [0.4, 0.5) is 0 Å². The highest BCUT2D eigenvalue weighted by Crippen LogP contribution is 2.29. The summed E-state index contributed by atoms with van der Waals surface area (Å²) in [6, 6.07) is 0.371. The Balaban J connectivity index is 1.98. The summed E-state index contributed by atoms with van der Waals surface area (Å²) in [5.41, 5.74) is 4.60. The van der Waals surface area contributed by atoms with E-state index in [4.69, 9.17) is 16.3 Å². The summed E-state index contributed by atoms with van der Waals surface area (Å²) < 4.78 is 6.08. The van der Waals surface area contributed by atoms with E-state index in [0.29, 0.717) is 6.04 Å². The normalized spacial score (nSPS) is 35.8. The van der Waals surface area contributed by atoms with Crippen molar-refractivity contribution in [2.75, 3.05) is 7.05 Å². The van der Waals surface area contributed by atoms with Crippen molar-refractivity contribution in [3.05, 3.63) is 11.5 Å². The van der Waals surface area contributed by atoms with Crippen molar-refractivity contribution in [1.82, 2.24) is 10.4 Å². The van der Waals surface area contributed by atoms with Crippen molar-refractivity contribution in [3.63, 3.8) is 0 Å². The molecule has 1 aliphatic carbocycles. The highest BCUT2D eigenvalue weighted by Gasteiger charge is 2.28. The zero-order chi connectivity index (χ0) is 11.7. The highest BCUT2D eigenvalue weighted by molar-refractivity contribution is 6.20. The molecule has 0 bridgehead atoms. The van der Waals surface area contributed by atoms with Crippen LogP contribution in [0.5, 0.6) is 0 Å². The zero-order valence-electron chi connectivity index (χ0n) is 10.3. The fourth-order valence-corrected chi connectivity index (χ4v) is 2.77. The Bertz CT molecular complexity index is 293. The molecule has 92 valence electrons. The third kappa shape index (κ3) is 2.46. The van der Waals surface area contributed by atoms with Gasteiger partial charge in [0, 0.05) is 30.5 Å². The number of hydrogen-bond acceptors (Lipinski definition) is 3. The van der Waals surface area contributed by atoms with E-state index in [0.717, 1.165) is 25.1 Å². The van der Waals surface area contributed by atoms with Crippen molar-refractivity contribution >= 4 is 11.6 Å². The lowest BCUT2D eigenvalue weighted by Gasteiger charge is -2.29. The fraction of sp³-hybridized carbons (Fsp3) is 0.833. The van der Waals surface area contributed by atoms with Crippen LogP contribution in [0.1, 0.15) is 39.5 Å². The predicted octanol–water partition coefficient (Wildman–Crippen LogP) is 2.62. The molecule has 0 aromatic carbocycles. The average molecular weight is 245 g/mol. The fourth-order valence-electron chi connectivity index (χ4n) is 2.42. The molecule has 1 aliphatic heterocycles. The van der Waals surface area contributed by atoms with Gasteiger partial charge in [0.05, 0.1) is 0 Å². The molecule has 0 amide bonds. The first kappa shape index (κ1) is 12.1. The summed E-state index contributed by atoms with van der Waals surface area (Å²) in [7, 11) is 2.00. The molecular formula is C12H21ClN2O. The van der Waals surface area contributed by atoms with Crippen LogP contribution in [0, 0.1) is 0 Å². The Morgan fingerprint density at radius 3 is 2.75 bits per heavy atom. The summed E-state index contributed by atoms with van der Waals surface area (Å²) in [4.78, 5) is 0. The molecule has 3 nitrogen and oxygen atoms in total. The molecule has 16 heavy (non-hydrogen) atoms. The number of ether oxygens (including phenoxy) is 1. The molecule has 2 aliphatic rings. The van der Waals surface area contributed by atoms with Gasteiger partial charge in [0.25, 0.3) is 0 Å². The molecule has 0 aromatic heterocycles. The minimum absolute atomic E-state index is 0.288. The van der Waals surface area contributed by atoms with Gasteiger partial charge >= 0.3 is 0 Å². The first-order valence-electron chi connectivity index (χ1n) is 6.09. The minimum Gasteiger partial charge on any atom is -0.475 e. The van der Waals surface area contributed by atoms with Crippen LogP contribution in [0.2, 0.25) is 0 Å². The monoisotopic (exact) mass is 244 g/mol. The van der Waals surface area contributed by atoms with Gasteiger partial charge in [0.15, 0.2) is 0 Å². The molecule has 3 atom stereocenters. The van der Waals surface area contributed by atoms with Gasteiger partial charge in [0.1, 0.15) is 6.10 Å². The summed E-state index contributed by atoms with van der Waals surface area (Å²) in [5.74, 6) is 0.989. The molecule has 0 spiro atoms. The van der Waals surface area contributed by atoms with Crippen molar-refractivity contribution in [1.29, 1.82) is 0 Å². The molecule has 1 N–H and O–H groups in total. The third-order valence-corrected chi connectivity index (χ3v) is 3.92. The summed E-state index contributed by atoms with van der Waals surface area (Å²) in [6.07, 6.45) is 4.70. The molecule has 4 heteroatoms. The van der Waals surface area contributed by atoms with E-state index in [1.54, 1.807) is 0 Å². The molecule has 1 saturated carbocycles. The van der Waals surface area contributed by atoms with E-state index in [1.165, 1.54) is 12.0 Å². The molecular weight excluding hydrogens is 224 g/mol. The lowest BCUT2D eigenvalue weighted by molar-refractivity contribution is 0.0308. The second-order valence-electron chi connectivity index (χ2n) is 4.90. The summed E-state index contributed by atoms with van der Waals surface area (Å²) in [6.45, 7) is 4.27. The van der Waals surface area contributed by atoms with Crippen LogP contribution in [0.3, 0.4) is 0 Å². The van der Waals surface area contributed by atoms with E-state index in [1.807, 2.05) is 12.1 Å². The highest BCUT2D eigenvalue weighted by atomic mass is 35.5. The first-order chi connectivity index (χ1) is 7.58. The molecule has 0 radical (unpaired) electrons. The number of nitrogens with zero attached hydrogens (tertiary/aromatic N) is 1. The second-order valence-corrected chi connectivity index (χ2v) is 5.52. The number of hydrogen-bond donors (Lipinski definition) is 1. The van der Waals surface area contributed by atoms with Gasteiger partial charge in [-0.1, -0.05) is 0 Å². The van der Waals surface area contributed by atoms with Crippen LogP contribution in [-0.4, -0.2) is 29.6 Å². The van der Waals surface area contributed by atoms with E-state index >= 15 is 0 Å². The number of halogens is 1. The zero-order valence-corrected chi connectivity index (χ0v) is 11.0. The summed E-state index contributed by atoms with van der Waals surface area (Å²) in [5, 5.41) is 2.27. The van der Waals surface area contributed by atoms with Gasteiger partial charge in [-0.25, -0.2) is 5.43 Å². The van der Waals surface area contributed by atoms with E-state index in [2.05, 4.69) is 19.3 Å². The Labute approximate surface area is 103 Å². The van der Waals surface area contributed by atoms with E-state index in [-0.39, 0.29) is 11.5 Å². The topological polar surface area (TPSA) is 24.5 Å². The SMILES string of the molecule is CC1=C(OC2CCCC(Cl)C2)N(C)NC1C. The van der Waals surface area contributed by atoms with Gasteiger partial charge in [-0.3, -0.25) is 5.01 Å². The first-order valence-corrected chi connectivity index (χ1v) is 6.53. The molecule has 0 aromatic rings. The van der Waals surface area contributed by atoms with E-state index in [9.17, 15) is 0 Å². The predicted molar refractivity (Wildman–Crippen MR) is 66.0 cm³/mol. The van der Waals surface area contributed by atoms with Gasteiger partial charge in [-0.2, -0.15) is 0 Å². The Morgan fingerprint density at radius 2 is 2.19 bits per heavy atom. The van der Waals surface area contributed by atoms with Crippen molar-refractivity contribution < 1.29 is 4.74 Å². The van der Waals surface area contributed by atoms with Gasteiger partial charge in [-0.05, 0) is 33.1 Å². The van der Waals surface area contributed by atoms with Crippen LogP contribution < -0.4 is 5.43 Å². The third-order valence-electron chi connectivity index (χ3n) is 3.52. The van der Waals surface area contributed by atoms with Crippen molar-refractivity contribution in [3.8, 4) is 0 Å². The van der Waals surface area contributed by atoms with E-state index < -0.39 is 0 Å². The maximum Gasteiger partial charge on any atom is 0.204 e. The Hall–Kier alpha value is -0.410. The largest absolute Gasteiger partial charge is 0.475 e. The van der Waals surface area contributed by atoms with Crippen LogP contribution in [0.25, 0.3) is 0 Å². The Kier molecular flexibility index (Phi) is 3.65. The quantitative estimate of drug-likeness (QED) is 0.756. The van der Waals surface area contributed by atoms with Crippen molar-refractivity contribution in [2.24, 2.45) is 0 Å². The van der Waals surface area contributed by atoms with Crippen molar-refractivity contribution in [2.45, 2.75) is 57.1 Å². The number of alkyl halides is 1. The minimum atomic E-state index is 0.288. The van der Waals surface area contributed by atoms with Crippen LogP contribution >= 0.6 is 11.6 Å². The smallest absolute Gasteiger partial charge is 0.204 e. The maximum atomic E-state index is 6.17. The van der Waals surface area contributed by atoms with Gasteiger partial charge < -0.3 is 4.74 Å². The summed E-state index contributed by atoms with van der Waals surface area (Å²) >= 11 is 6.17. The molecule has 1 fully saturated rings. The average Bonchev–Trinajstić information content (AvgIpc) is 2.45. The maximum absolute atomic E-state index is 6.17. The lowest BCUT2D eigenvalue weighted by Crippen LogP contribution is -2.34. The lowest BCUT2D eigenvalue weighted by atomic mass is 9.97. The van der Waals surface area contributed by atoms with Crippen LogP contribution in [0.15, 0.2) is 11.5 Å². The molecule has 3 unspecified atom stereocenters. The second kappa shape index (κ2) is 4.84. The molecule has 1 heterocycles. The van der Waals surface area contributed by atoms with Crippen LogP contribution in [-0.2, 0) is 4.74 Å². The number of hydrazine groups is 1. The van der Waals surface area contributed by atoms with Gasteiger partial charge in [0.2, 0.25) is 5.88 Å². The standard InChI is InChI=1S/C12H21ClN2O/c1-8-9(2)14-15(3)12(8)16-11-6-4-5-10(13)7-11/h9-11,14H,4-7H2,1-3H3. The molecule has 2 rings (SSSR count). The van der Waals surface area contributed by atoms with Gasteiger partial charge in [-0.15, -0.1) is 11.6 Å².